The van der Waals surface area contributed by atoms with E-state index in [0.717, 1.165) is 22.1 Å². The van der Waals surface area contributed by atoms with Crippen LogP contribution >= 0.6 is 0 Å². The second kappa shape index (κ2) is 6.68. The van der Waals surface area contributed by atoms with Crippen molar-refractivity contribution >= 4 is 45.2 Å². The van der Waals surface area contributed by atoms with Crippen molar-refractivity contribution in [1.82, 2.24) is 9.55 Å². The zero-order valence-electron chi connectivity index (χ0n) is 18.8. The molecule has 0 N–H and O–H groups in total. The molecule has 0 amide bonds. The van der Waals surface area contributed by atoms with Gasteiger partial charge in [0.2, 0.25) is 0 Å². The van der Waals surface area contributed by atoms with Gasteiger partial charge in [0, 0.05) is 34.2 Å². The van der Waals surface area contributed by atoms with Gasteiger partial charge in [0.05, 0.1) is 22.2 Å². The molecule has 0 aliphatic carbocycles. The summed E-state index contributed by atoms with van der Waals surface area (Å²) >= 11 is 0. The third kappa shape index (κ3) is 2.82. The predicted octanol–water partition coefficient (Wildman–Crippen LogP) is 5.63. The highest BCUT2D eigenvalue weighted by Crippen LogP contribution is 2.37. The zero-order chi connectivity index (χ0) is 22.1. The first-order valence-corrected chi connectivity index (χ1v) is 11.1. The maximum Gasteiger partial charge on any atom is 0.494 e. The molecule has 1 aliphatic heterocycles. The van der Waals surface area contributed by atoms with Gasteiger partial charge in [0.15, 0.2) is 0 Å². The lowest BCUT2D eigenvalue weighted by atomic mass is 9.78. The SMILES string of the molecule is CC1(C)OB(c2ccc3c(c2)c2ccccc2n3-c2ccc3ccncc3c2)OC1(C)C. The van der Waals surface area contributed by atoms with Gasteiger partial charge >= 0.3 is 7.12 Å². The Balaban J connectivity index is 1.55. The average molecular weight is 420 g/mol. The zero-order valence-corrected chi connectivity index (χ0v) is 18.8. The smallest absolute Gasteiger partial charge is 0.399 e. The average Bonchev–Trinajstić information content (AvgIpc) is 3.23. The van der Waals surface area contributed by atoms with Crippen LogP contribution in [0.3, 0.4) is 0 Å². The van der Waals surface area contributed by atoms with Gasteiger partial charge in [-0.15, -0.1) is 0 Å². The van der Waals surface area contributed by atoms with E-state index < -0.39 is 0 Å². The standard InChI is InChI=1S/C27H25BN2O2/c1-26(2)27(3,4)32-28(31-26)20-10-12-25-23(16-20)22-7-5-6-8-24(22)30(25)21-11-9-18-13-14-29-17-19(18)15-21/h5-17H,1-4H3. The van der Waals surface area contributed by atoms with Crippen LogP contribution in [0.4, 0.5) is 0 Å². The normalized spacial score (nSPS) is 17.6. The number of fused-ring (bicyclic) bond motifs is 4. The van der Waals surface area contributed by atoms with Gasteiger partial charge in [-0.3, -0.25) is 4.98 Å². The van der Waals surface area contributed by atoms with Crippen molar-refractivity contribution in [3.63, 3.8) is 0 Å². The minimum absolute atomic E-state index is 0.361. The minimum Gasteiger partial charge on any atom is -0.399 e. The second-order valence-corrected chi connectivity index (χ2v) is 9.62. The van der Waals surface area contributed by atoms with Gasteiger partial charge in [0.1, 0.15) is 0 Å². The summed E-state index contributed by atoms with van der Waals surface area (Å²) in [4.78, 5) is 4.30. The van der Waals surface area contributed by atoms with E-state index in [1.54, 1.807) is 0 Å². The van der Waals surface area contributed by atoms with Crippen LogP contribution in [0.1, 0.15) is 27.7 Å². The molecular weight excluding hydrogens is 395 g/mol. The van der Waals surface area contributed by atoms with Crippen molar-refractivity contribution in [2.24, 2.45) is 0 Å². The van der Waals surface area contributed by atoms with E-state index in [1.807, 2.05) is 18.5 Å². The van der Waals surface area contributed by atoms with Crippen LogP contribution in [0.2, 0.25) is 0 Å². The summed E-state index contributed by atoms with van der Waals surface area (Å²) < 4.78 is 15.0. The fourth-order valence-electron chi connectivity index (χ4n) is 4.61. The van der Waals surface area contributed by atoms with Crippen molar-refractivity contribution in [1.29, 1.82) is 0 Å². The maximum atomic E-state index is 6.31. The highest BCUT2D eigenvalue weighted by atomic mass is 16.7. The Kier molecular flexibility index (Phi) is 4.08. The number of nitrogens with zero attached hydrogens (tertiary/aromatic N) is 2. The highest BCUT2D eigenvalue weighted by Gasteiger charge is 2.51. The molecule has 0 spiro atoms. The molecule has 32 heavy (non-hydrogen) atoms. The van der Waals surface area contributed by atoms with Gasteiger partial charge < -0.3 is 13.9 Å². The summed E-state index contributed by atoms with van der Waals surface area (Å²) in [5.74, 6) is 0. The molecule has 0 atom stereocenters. The number of pyridine rings is 1. The van der Waals surface area contributed by atoms with Crippen LogP contribution in [0, 0.1) is 0 Å². The molecule has 5 heteroatoms. The summed E-state index contributed by atoms with van der Waals surface area (Å²) in [5.41, 5.74) is 3.79. The lowest BCUT2D eigenvalue weighted by molar-refractivity contribution is 0.00578. The largest absolute Gasteiger partial charge is 0.494 e. The first kappa shape index (κ1) is 19.5. The third-order valence-electron chi connectivity index (χ3n) is 7.10. The van der Waals surface area contributed by atoms with E-state index >= 15 is 0 Å². The highest BCUT2D eigenvalue weighted by molar-refractivity contribution is 6.62. The Morgan fingerprint density at radius 3 is 2.31 bits per heavy atom. The molecule has 4 nitrogen and oxygen atoms in total. The molecule has 0 radical (unpaired) electrons. The third-order valence-corrected chi connectivity index (χ3v) is 7.10. The van der Waals surface area contributed by atoms with Gasteiger partial charge in [-0.25, -0.2) is 0 Å². The molecule has 3 aromatic carbocycles. The molecule has 158 valence electrons. The van der Waals surface area contributed by atoms with Gasteiger partial charge in [-0.1, -0.05) is 36.4 Å². The van der Waals surface area contributed by atoms with E-state index in [4.69, 9.17) is 9.31 Å². The molecule has 0 bridgehead atoms. The number of para-hydroxylation sites is 1. The van der Waals surface area contributed by atoms with E-state index in [9.17, 15) is 0 Å². The van der Waals surface area contributed by atoms with Crippen LogP contribution in [-0.2, 0) is 9.31 Å². The summed E-state index contributed by atoms with van der Waals surface area (Å²) in [6.07, 6.45) is 3.75. The summed E-state index contributed by atoms with van der Waals surface area (Å²) in [6.45, 7) is 8.36. The van der Waals surface area contributed by atoms with Crippen molar-refractivity contribution < 1.29 is 9.31 Å². The first-order chi connectivity index (χ1) is 15.3. The molecule has 1 fully saturated rings. The van der Waals surface area contributed by atoms with E-state index in [2.05, 4.69) is 97.9 Å². The predicted molar refractivity (Wildman–Crippen MR) is 132 cm³/mol. The summed E-state index contributed by atoms with van der Waals surface area (Å²) in [6, 6.07) is 23.7. The Labute approximate surface area is 187 Å². The lowest BCUT2D eigenvalue weighted by Gasteiger charge is -2.32. The summed E-state index contributed by atoms with van der Waals surface area (Å²) in [7, 11) is -0.377. The molecule has 0 saturated carbocycles. The Hall–Kier alpha value is -3.15. The molecule has 0 unspecified atom stereocenters. The Morgan fingerprint density at radius 2 is 1.50 bits per heavy atom. The molecule has 1 aliphatic rings. The molecule has 1 saturated heterocycles. The van der Waals surface area contributed by atoms with E-state index in [0.29, 0.717) is 0 Å². The molecular formula is C27H25BN2O2. The number of rotatable bonds is 2. The molecule has 3 heterocycles. The van der Waals surface area contributed by atoms with Gasteiger partial charge in [-0.2, -0.15) is 0 Å². The molecule has 5 aromatic rings. The lowest BCUT2D eigenvalue weighted by Crippen LogP contribution is -2.41. The van der Waals surface area contributed by atoms with Crippen molar-refractivity contribution in [2.45, 2.75) is 38.9 Å². The van der Waals surface area contributed by atoms with Crippen LogP contribution in [0.5, 0.6) is 0 Å². The number of aromatic nitrogens is 2. The van der Waals surface area contributed by atoms with Gasteiger partial charge in [0.25, 0.3) is 0 Å². The first-order valence-electron chi connectivity index (χ1n) is 11.1. The van der Waals surface area contributed by atoms with Gasteiger partial charge in [-0.05, 0) is 68.9 Å². The van der Waals surface area contributed by atoms with Crippen LogP contribution in [0.25, 0.3) is 38.3 Å². The van der Waals surface area contributed by atoms with Crippen LogP contribution in [-0.4, -0.2) is 27.9 Å². The second-order valence-electron chi connectivity index (χ2n) is 9.62. The quantitative estimate of drug-likeness (QED) is 0.347. The minimum atomic E-state index is -0.377. The van der Waals surface area contributed by atoms with Crippen LogP contribution in [0.15, 0.2) is 79.1 Å². The Bertz CT molecular complexity index is 1490. The topological polar surface area (TPSA) is 36.3 Å². The van der Waals surface area contributed by atoms with Crippen LogP contribution < -0.4 is 5.46 Å². The number of hydrogen-bond acceptors (Lipinski definition) is 3. The molecule has 6 rings (SSSR count). The fraction of sp³-hybridized carbons (Fsp3) is 0.222. The molecule has 2 aromatic heterocycles. The number of hydrogen-bond donors (Lipinski definition) is 0. The van der Waals surface area contributed by atoms with Crippen molar-refractivity contribution in [3.8, 4) is 5.69 Å². The van der Waals surface area contributed by atoms with Crippen molar-refractivity contribution in [3.05, 3.63) is 79.1 Å². The number of benzene rings is 3. The maximum absolute atomic E-state index is 6.31. The van der Waals surface area contributed by atoms with Crippen molar-refractivity contribution in [2.75, 3.05) is 0 Å². The summed E-state index contributed by atoms with van der Waals surface area (Å²) in [5, 5.41) is 4.73. The fourth-order valence-corrected chi connectivity index (χ4v) is 4.61. The Morgan fingerprint density at radius 1 is 0.750 bits per heavy atom. The van der Waals surface area contributed by atoms with E-state index in [1.165, 1.54) is 21.7 Å². The monoisotopic (exact) mass is 420 g/mol. The van der Waals surface area contributed by atoms with E-state index in [-0.39, 0.29) is 18.3 Å².